The van der Waals surface area contributed by atoms with Crippen molar-refractivity contribution < 1.29 is 14.3 Å². The Morgan fingerprint density at radius 1 is 1.25 bits per heavy atom. The molecule has 2 rings (SSSR count). The molecule has 1 aliphatic rings. The Hall–Kier alpha value is -2.04. The molecule has 0 unspecified atom stereocenters. The third kappa shape index (κ3) is 4.73. The first-order valence-corrected chi connectivity index (χ1v) is 8.67. The van der Waals surface area contributed by atoms with Crippen LogP contribution >= 0.6 is 0 Å². The number of hydrogen-bond donors (Lipinski definition) is 1. The highest BCUT2D eigenvalue weighted by atomic mass is 16.5. The van der Waals surface area contributed by atoms with Gasteiger partial charge in [-0.25, -0.2) is 4.79 Å². The molecule has 3 atom stereocenters. The van der Waals surface area contributed by atoms with Crippen molar-refractivity contribution in [3.05, 3.63) is 29.8 Å². The molecule has 1 amide bonds. The van der Waals surface area contributed by atoms with E-state index in [0.29, 0.717) is 11.5 Å². The van der Waals surface area contributed by atoms with Crippen molar-refractivity contribution in [2.75, 3.05) is 19.0 Å². The summed E-state index contributed by atoms with van der Waals surface area (Å²) < 4.78 is 5.34. The zero-order valence-electron chi connectivity index (χ0n) is 15.0. The second-order valence-electron chi connectivity index (χ2n) is 6.87. The van der Waals surface area contributed by atoms with Crippen molar-refractivity contribution in [2.24, 2.45) is 5.92 Å². The minimum absolute atomic E-state index is 0.185. The molecule has 5 nitrogen and oxygen atoms in total. The Morgan fingerprint density at radius 3 is 2.62 bits per heavy atom. The summed E-state index contributed by atoms with van der Waals surface area (Å²) in [4.78, 5) is 26.5. The van der Waals surface area contributed by atoms with Gasteiger partial charge >= 0.3 is 5.97 Å². The number of amides is 1. The summed E-state index contributed by atoms with van der Waals surface area (Å²) in [6.45, 7) is 3.78. The van der Waals surface area contributed by atoms with Crippen LogP contribution in [-0.2, 0) is 9.53 Å². The fourth-order valence-electron chi connectivity index (χ4n) is 3.02. The number of esters is 1. The molecule has 1 aromatic carbocycles. The molecule has 1 saturated carbocycles. The third-order valence-corrected chi connectivity index (χ3v) is 4.69. The quantitative estimate of drug-likeness (QED) is 0.842. The monoisotopic (exact) mass is 332 g/mol. The second kappa shape index (κ2) is 8.18. The van der Waals surface area contributed by atoms with E-state index in [9.17, 15) is 9.59 Å². The number of carbonyl (C=O) groups is 2. The average Bonchev–Trinajstić information content (AvgIpc) is 2.56. The van der Waals surface area contributed by atoms with Crippen LogP contribution in [0.4, 0.5) is 5.69 Å². The first-order valence-electron chi connectivity index (χ1n) is 8.67. The van der Waals surface area contributed by atoms with Crippen molar-refractivity contribution >= 4 is 17.6 Å². The molecular formula is C19H28N2O3. The van der Waals surface area contributed by atoms with E-state index in [1.165, 1.54) is 6.42 Å². The molecule has 0 spiro atoms. The van der Waals surface area contributed by atoms with E-state index in [1.807, 2.05) is 25.1 Å². The molecule has 1 aromatic rings. The first-order chi connectivity index (χ1) is 11.4. The Morgan fingerprint density at radius 2 is 1.96 bits per heavy atom. The van der Waals surface area contributed by atoms with E-state index in [1.54, 1.807) is 25.1 Å². The molecule has 1 aliphatic carbocycles. The zero-order valence-corrected chi connectivity index (χ0v) is 15.0. The molecule has 0 radical (unpaired) electrons. The molecule has 0 bridgehead atoms. The smallest absolute Gasteiger partial charge is 0.338 e. The summed E-state index contributed by atoms with van der Waals surface area (Å²) in [7, 11) is 3.82. The van der Waals surface area contributed by atoms with Gasteiger partial charge in [-0.15, -0.1) is 0 Å². The van der Waals surface area contributed by atoms with Gasteiger partial charge in [-0.3, -0.25) is 4.79 Å². The second-order valence-corrected chi connectivity index (χ2v) is 6.87. The van der Waals surface area contributed by atoms with Crippen molar-refractivity contribution in [2.45, 2.75) is 51.7 Å². The summed E-state index contributed by atoms with van der Waals surface area (Å²) >= 11 is 0. The van der Waals surface area contributed by atoms with E-state index in [2.05, 4.69) is 12.2 Å². The molecule has 0 saturated heterocycles. The van der Waals surface area contributed by atoms with Gasteiger partial charge in [0.05, 0.1) is 5.56 Å². The molecular weight excluding hydrogens is 304 g/mol. The number of ether oxygens (including phenoxy) is 1. The van der Waals surface area contributed by atoms with E-state index in [-0.39, 0.29) is 11.9 Å². The molecule has 132 valence electrons. The van der Waals surface area contributed by atoms with Crippen molar-refractivity contribution in [1.82, 2.24) is 5.32 Å². The maximum absolute atomic E-state index is 12.3. The molecule has 5 heteroatoms. The lowest BCUT2D eigenvalue weighted by atomic mass is 9.86. The average molecular weight is 332 g/mol. The maximum Gasteiger partial charge on any atom is 0.338 e. The van der Waals surface area contributed by atoms with Crippen LogP contribution in [0.5, 0.6) is 0 Å². The molecule has 0 heterocycles. The van der Waals surface area contributed by atoms with Crippen LogP contribution in [0.1, 0.15) is 49.9 Å². The van der Waals surface area contributed by atoms with E-state index in [0.717, 1.165) is 24.9 Å². The highest BCUT2D eigenvalue weighted by molar-refractivity contribution is 5.93. The van der Waals surface area contributed by atoms with Gasteiger partial charge in [-0.1, -0.05) is 25.8 Å². The molecule has 0 aliphatic heterocycles. The summed E-state index contributed by atoms with van der Waals surface area (Å²) in [5.41, 5.74) is 1.37. The van der Waals surface area contributed by atoms with Gasteiger partial charge < -0.3 is 15.0 Å². The largest absolute Gasteiger partial charge is 0.449 e. The van der Waals surface area contributed by atoms with Gasteiger partial charge in [0.25, 0.3) is 5.91 Å². The molecule has 24 heavy (non-hydrogen) atoms. The van der Waals surface area contributed by atoms with Crippen LogP contribution in [0.2, 0.25) is 0 Å². The van der Waals surface area contributed by atoms with Crippen LogP contribution in [0.15, 0.2) is 24.3 Å². The topological polar surface area (TPSA) is 58.6 Å². The Balaban J connectivity index is 1.93. The van der Waals surface area contributed by atoms with Crippen molar-refractivity contribution in [1.29, 1.82) is 0 Å². The first kappa shape index (κ1) is 18.3. The number of nitrogens with one attached hydrogen (secondary N) is 1. The van der Waals surface area contributed by atoms with E-state index in [4.69, 9.17) is 4.74 Å². The van der Waals surface area contributed by atoms with Crippen LogP contribution in [0.3, 0.4) is 0 Å². The van der Waals surface area contributed by atoms with Gasteiger partial charge in [0.15, 0.2) is 6.10 Å². The van der Waals surface area contributed by atoms with Crippen LogP contribution in [-0.4, -0.2) is 38.1 Å². The predicted molar refractivity (Wildman–Crippen MR) is 95.2 cm³/mol. The summed E-state index contributed by atoms with van der Waals surface area (Å²) in [6, 6.07) is 7.36. The lowest BCUT2D eigenvalue weighted by Gasteiger charge is -2.30. The summed E-state index contributed by atoms with van der Waals surface area (Å²) in [6.07, 6.45) is 3.70. The maximum atomic E-state index is 12.3. The highest BCUT2D eigenvalue weighted by Gasteiger charge is 2.26. The van der Waals surface area contributed by atoms with Crippen LogP contribution in [0.25, 0.3) is 0 Å². The third-order valence-electron chi connectivity index (χ3n) is 4.69. The van der Waals surface area contributed by atoms with Gasteiger partial charge in [0.2, 0.25) is 0 Å². The minimum atomic E-state index is -0.797. The zero-order chi connectivity index (χ0) is 17.7. The number of carbonyl (C=O) groups excluding carboxylic acids is 2. The van der Waals surface area contributed by atoms with Gasteiger partial charge in [-0.2, -0.15) is 0 Å². The minimum Gasteiger partial charge on any atom is -0.449 e. The van der Waals surface area contributed by atoms with Gasteiger partial charge in [-0.05, 0) is 43.9 Å². The number of rotatable bonds is 5. The molecule has 1 fully saturated rings. The lowest BCUT2D eigenvalue weighted by Crippen LogP contribution is -2.46. The van der Waals surface area contributed by atoms with Gasteiger partial charge in [0, 0.05) is 25.8 Å². The SMILES string of the molecule is C[C@@H](OC(=O)c1cccc(N(C)C)c1)C(=O)N[C@@H]1CCCC[C@@H]1C. The van der Waals surface area contributed by atoms with E-state index >= 15 is 0 Å². The Bertz CT molecular complexity index is 586. The highest BCUT2D eigenvalue weighted by Crippen LogP contribution is 2.24. The fraction of sp³-hybridized carbons (Fsp3) is 0.579. The standard InChI is InChI=1S/C19H28N2O3/c1-13-8-5-6-11-17(13)20-18(22)14(2)24-19(23)15-9-7-10-16(12-15)21(3)4/h7,9-10,12-14,17H,5-6,8,11H2,1-4H3,(H,20,22)/t13-,14+,17+/m0/s1. The van der Waals surface area contributed by atoms with Crippen molar-refractivity contribution in [3.8, 4) is 0 Å². The van der Waals surface area contributed by atoms with Crippen LogP contribution < -0.4 is 10.2 Å². The Labute approximate surface area is 144 Å². The number of nitrogens with zero attached hydrogens (tertiary/aromatic N) is 1. The van der Waals surface area contributed by atoms with Gasteiger partial charge in [0.1, 0.15) is 0 Å². The predicted octanol–water partition coefficient (Wildman–Crippen LogP) is 2.99. The van der Waals surface area contributed by atoms with Crippen LogP contribution in [0, 0.1) is 5.92 Å². The summed E-state index contributed by atoms with van der Waals surface area (Å²) in [5.74, 6) is -0.216. The number of benzene rings is 1. The number of anilines is 1. The number of hydrogen-bond acceptors (Lipinski definition) is 4. The summed E-state index contributed by atoms with van der Waals surface area (Å²) in [5, 5.41) is 3.03. The van der Waals surface area contributed by atoms with E-state index < -0.39 is 12.1 Å². The molecule has 0 aromatic heterocycles. The van der Waals surface area contributed by atoms with Crippen molar-refractivity contribution in [3.63, 3.8) is 0 Å². The lowest BCUT2D eigenvalue weighted by molar-refractivity contribution is -0.130. The normalized spacial score (nSPS) is 21.7. The fourth-order valence-corrected chi connectivity index (χ4v) is 3.02. The Kier molecular flexibility index (Phi) is 6.23. The molecule has 1 N–H and O–H groups in total.